The third kappa shape index (κ3) is 4.84. The second-order valence-corrected chi connectivity index (χ2v) is 5.47. The molecule has 106 valence electrons. The number of nitrogens with zero attached hydrogens (tertiary/aromatic N) is 1. The zero-order chi connectivity index (χ0) is 13.5. The molecule has 1 fully saturated rings. The second-order valence-electron chi connectivity index (χ2n) is 5.47. The molecule has 3 heteroatoms. The number of hydrogen-bond acceptors (Lipinski definition) is 3. The van der Waals surface area contributed by atoms with Crippen molar-refractivity contribution < 1.29 is 4.74 Å². The molecule has 0 amide bonds. The van der Waals surface area contributed by atoms with E-state index in [1.165, 1.54) is 24.2 Å². The topological polar surface area (TPSA) is 24.5 Å². The Bertz CT molecular complexity index is 372. The van der Waals surface area contributed by atoms with Crippen molar-refractivity contribution >= 4 is 0 Å². The number of piperazine rings is 1. The van der Waals surface area contributed by atoms with Gasteiger partial charge in [0.2, 0.25) is 0 Å². The predicted octanol–water partition coefficient (Wildman–Crippen LogP) is 2.48. The van der Waals surface area contributed by atoms with Crippen molar-refractivity contribution in [3.63, 3.8) is 0 Å². The van der Waals surface area contributed by atoms with E-state index in [1.807, 2.05) is 0 Å². The summed E-state index contributed by atoms with van der Waals surface area (Å²) in [7, 11) is 0. The van der Waals surface area contributed by atoms with E-state index in [0.29, 0.717) is 0 Å². The summed E-state index contributed by atoms with van der Waals surface area (Å²) < 4.78 is 5.85. The number of nitrogens with one attached hydrogen (secondary N) is 1. The minimum Gasteiger partial charge on any atom is -0.494 e. The van der Waals surface area contributed by atoms with Gasteiger partial charge in [0.1, 0.15) is 5.76 Å². The van der Waals surface area contributed by atoms with Gasteiger partial charge in [0.05, 0.1) is 6.61 Å². The summed E-state index contributed by atoms with van der Waals surface area (Å²) in [6, 6.07) is 0. The quantitative estimate of drug-likeness (QED) is 0.770. The molecule has 0 radical (unpaired) electrons. The Morgan fingerprint density at radius 3 is 2.84 bits per heavy atom. The smallest absolute Gasteiger partial charge is 0.119 e. The fourth-order valence-electron chi connectivity index (χ4n) is 2.43. The summed E-state index contributed by atoms with van der Waals surface area (Å²) in [5, 5.41) is 3.38. The fourth-order valence-corrected chi connectivity index (χ4v) is 2.43. The lowest BCUT2D eigenvalue weighted by molar-refractivity contribution is 0.180. The average molecular weight is 262 g/mol. The van der Waals surface area contributed by atoms with Gasteiger partial charge in [0, 0.05) is 32.7 Å². The van der Waals surface area contributed by atoms with Crippen molar-refractivity contribution in [3.8, 4) is 0 Å². The average Bonchev–Trinajstić information content (AvgIpc) is 2.45. The van der Waals surface area contributed by atoms with Crippen LogP contribution in [0.4, 0.5) is 0 Å². The first-order chi connectivity index (χ1) is 9.25. The van der Waals surface area contributed by atoms with Crippen LogP contribution in [0.25, 0.3) is 0 Å². The molecule has 1 aliphatic carbocycles. The van der Waals surface area contributed by atoms with Crippen LogP contribution in [0.1, 0.15) is 26.7 Å². The molecule has 0 aromatic carbocycles. The summed E-state index contributed by atoms with van der Waals surface area (Å²) in [5.74, 6) is 1.02. The van der Waals surface area contributed by atoms with Gasteiger partial charge in [-0.05, 0) is 44.4 Å². The van der Waals surface area contributed by atoms with Crippen molar-refractivity contribution in [1.82, 2.24) is 10.2 Å². The maximum absolute atomic E-state index is 5.85. The van der Waals surface area contributed by atoms with Crippen LogP contribution in [-0.2, 0) is 4.74 Å². The van der Waals surface area contributed by atoms with Crippen LogP contribution in [0.3, 0.4) is 0 Å². The van der Waals surface area contributed by atoms with E-state index in [4.69, 9.17) is 4.74 Å². The lowest BCUT2D eigenvalue weighted by Gasteiger charge is -2.27. The molecule has 0 spiro atoms. The van der Waals surface area contributed by atoms with Crippen molar-refractivity contribution in [1.29, 1.82) is 0 Å². The van der Waals surface area contributed by atoms with Gasteiger partial charge in [-0.2, -0.15) is 0 Å². The summed E-state index contributed by atoms with van der Waals surface area (Å²) in [4.78, 5) is 2.51. The van der Waals surface area contributed by atoms with E-state index in [1.54, 1.807) is 0 Å². The van der Waals surface area contributed by atoms with Crippen LogP contribution in [0, 0.1) is 0 Å². The molecular formula is C16H26N2O. The standard InChI is InChI=1S/C16H26N2O/c1-14(2)15-5-3-6-16(13-15)19-12-4-9-18-10-7-17-8-11-18/h3,6,13,17H,4-5,7-12H2,1-2H3. The predicted molar refractivity (Wildman–Crippen MR) is 80.1 cm³/mol. The highest BCUT2D eigenvalue weighted by Gasteiger charge is 2.09. The van der Waals surface area contributed by atoms with E-state index in [-0.39, 0.29) is 0 Å². The highest BCUT2D eigenvalue weighted by atomic mass is 16.5. The number of allylic oxidation sites excluding steroid dienone is 5. The molecule has 2 rings (SSSR count). The number of ether oxygens (including phenoxy) is 1. The van der Waals surface area contributed by atoms with Crippen LogP contribution in [0.5, 0.6) is 0 Å². The SMILES string of the molecule is CC(C)=C1C=C(OCCCN2CCNCC2)C=CC1. The molecule has 0 bridgehead atoms. The van der Waals surface area contributed by atoms with Crippen LogP contribution in [0.15, 0.2) is 35.1 Å². The molecule has 0 saturated carbocycles. The first-order valence-corrected chi connectivity index (χ1v) is 7.36. The Labute approximate surface area is 117 Å². The summed E-state index contributed by atoms with van der Waals surface area (Å²) in [6.07, 6.45) is 8.61. The van der Waals surface area contributed by atoms with Gasteiger partial charge in [-0.3, -0.25) is 0 Å². The van der Waals surface area contributed by atoms with Crippen molar-refractivity contribution in [2.75, 3.05) is 39.3 Å². The van der Waals surface area contributed by atoms with Gasteiger partial charge in [-0.25, -0.2) is 0 Å². The van der Waals surface area contributed by atoms with E-state index in [0.717, 1.165) is 44.8 Å². The Balaban J connectivity index is 1.68. The highest BCUT2D eigenvalue weighted by molar-refractivity contribution is 5.35. The van der Waals surface area contributed by atoms with E-state index in [9.17, 15) is 0 Å². The molecule has 1 aliphatic heterocycles. The maximum Gasteiger partial charge on any atom is 0.119 e. The molecular weight excluding hydrogens is 236 g/mol. The van der Waals surface area contributed by atoms with Gasteiger partial charge < -0.3 is 15.0 Å². The van der Waals surface area contributed by atoms with Crippen LogP contribution < -0.4 is 5.32 Å². The Morgan fingerprint density at radius 1 is 1.32 bits per heavy atom. The Kier molecular flexibility index (Phi) is 5.67. The highest BCUT2D eigenvalue weighted by Crippen LogP contribution is 2.19. The van der Waals surface area contributed by atoms with Crippen molar-refractivity contribution in [2.24, 2.45) is 0 Å². The monoisotopic (exact) mass is 262 g/mol. The third-order valence-corrected chi connectivity index (χ3v) is 3.68. The molecule has 0 unspecified atom stereocenters. The first kappa shape index (κ1) is 14.4. The molecule has 1 N–H and O–H groups in total. The molecule has 0 aromatic rings. The molecule has 2 aliphatic rings. The van der Waals surface area contributed by atoms with E-state index < -0.39 is 0 Å². The molecule has 1 heterocycles. The van der Waals surface area contributed by atoms with E-state index in [2.05, 4.69) is 42.3 Å². The second kappa shape index (κ2) is 7.51. The van der Waals surface area contributed by atoms with Gasteiger partial charge in [0.15, 0.2) is 0 Å². The summed E-state index contributed by atoms with van der Waals surface area (Å²) in [5.41, 5.74) is 2.77. The first-order valence-electron chi connectivity index (χ1n) is 7.36. The van der Waals surface area contributed by atoms with Crippen LogP contribution in [0.2, 0.25) is 0 Å². The summed E-state index contributed by atoms with van der Waals surface area (Å²) >= 11 is 0. The van der Waals surface area contributed by atoms with Crippen LogP contribution in [-0.4, -0.2) is 44.2 Å². The summed E-state index contributed by atoms with van der Waals surface area (Å²) in [6.45, 7) is 10.9. The Hall–Kier alpha value is -1.06. The molecule has 19 heavy (non-hydrogen) atoms. The fraction of sp³-hybridized carbons (Fsp3) is 0.625. The molecule has 0 atom stereocenters. The lowest BCUT2D eigenvalue weighted by Crippen LogP contribution is -2.43. The molecule has 3 nitrogen and oxygen atoms in total. The Morgan fingerprint density at radius 2 is 2.11 bits per heavy atom. The van der Waals surface area contributed by atoms with Gasteiger partial charge in [-0.1, -0.05) is 11.6 Å². The van der Waals surface area contributed by atoms with Crippen molar-refractivity contribution in [3.05, 3.63) is 35.1 Å². The van der Waals surface area contributed by atoms with Gasteiger partial charge >= 0.3 is 0 Å². The normalized spacial score (nSPS) is 20.3. The van der Waals surface area contributed by atoms with Gasteiger partial charge in [0.25, 0.3) is 0 Å². The third-order valence-electron chi connectivity index (χ3n) is 3.68. The zero-order valence-corrected chi connectivity index (χ0v) is 12.2. The molecule has 0 aromatic heterocycles. The minimum atomic E-state index is 0.816. The largest absolute Gasteiger partial charge is 0.494 e. The number of hydrogen-bond donors (Lipinski definition) is 1. The van der Waals surface area contributed by atoms with Crippen molar-refractivity contribution in [2.45, 2.75) is 26.7 Å². The number of rotatable bonds is 5. The van der Waals surface area contributed by atoms with E-state index >= 15 is 0 Å². The van der Waals surface area contributed by atoms with Gasteiger partial charge in [-0.15, -0.1) is 0 Å². The minimum absolute atomic E-state index is 0.816. The molecule has 1 saturated heterocycles. The maximum atomic E-state index is 5.85. The lowest BCUT2D eigenvalue weighted by atomic mass is 10.0. The zero-order valence-electron chi connectivity index (χ0n) is 12.2. The van der Waals surface area contributed by atoms with Crippen LogP contribution >= 0.6 is 0 Å².